The lowest BCUT2D eigenvalue weighted by atomic mass is 9.69. The molecule has 58 heavy (non-hydrogen) atoms. The first-order chi connectivity index (χ1) is 28.2. The molecule has 0 radical (unpaired) electrons. The molecule has 9 heteroatoms. The Kier molecular flexibility index (Phi) is 14.8. The van der Waals surface area contributed by atoms with E-state index in [4.69, 9.17) is 14.2 Å². The number of rotatable bonds is 10. The van der Waals surface area contributed by atoms with Crippen LogP contribution in [0.25, 0.3) is 0 Å². The van der Waals surface area contributed by atoms with Crippen molar-refractivity contribution in [2.24, 2.45) is 94.7 Å². The molecule has 16 unspecified atom stereocenters. The van der Waals surface area contributed by atoms with Gasteiger partial charge in [-0.15, -0.1) is 0 Å². The van der Waals surface area contributed by atoms with E-state index in [1.165, 1.54) is 74.4 Å². The van der Waals surface area contributed by atoms with Crippen LogP contribution < -0.4 is 0 Å². The Morgan fingerprint density at radius 3 is 1.72 bits per heavy atom. The number of aliphatic hydroxyl groups excluding tert-OH is 1. The Morgan fingerprint density at radius 2 is 1.14 bits per heavy atom. The minimum absolute atomic E-state index is 0.0511. The summed E-state index contributed by atoms with van der Waals surface area (Å²) in [6, 6.07) is 0. The number of esters is 3. The fourth-order valence-corrected chi connectivity index (χ4v) is 15.5. The standard InChI is InChI=1S/C15H20O3.C12H18.C10H14.C8H14O4.C4H6O2/c1-2-13(17)18-12-6-8-4-10(12)15-7-3-9(14(8)15)11(16)5-7;1-2-8-5-7(1)11-9-3-4-10(6-9)12(8)11;1-2-9-7-4-5-8(6-7)10(9)3-1;1-3-8(9)12-7-6-11-5-4-10-2;1-3-4(5)6-2/h2,7-12,14-16H,1,3-6H2;7-12H,1-6H2;1-2,7-10H,3-6H2;3H,1,4-7H2,2H3;3H,1H2,2H3. The average Bonchev–Trinajstić information content (AvgIpc) is 4.09. The Balaban J connectivity index is 0.000000115. The maximum absolute atomic E-state index is 11.4. The van der Waals surface area contributed by atoms with E-state index in [0.29, 0.717) is 43.5 Å². The summed E-state index contributed by atoms with van der Waals surface area (Å²) in [5, 5.41) is 10.0. The molecular formula is C49H72O9. The highest BCUT2D eigenvalue weighted by Gasteiger charge is 2.65. The summed E-state index contributed by atoms with van der Waals surface area (Å²) in [6.45, 7) is 11.6. The predicted octanol–water partition coefficient (Wildman–Crippen LogP) is 8.17. The highest BCUT2D eigenvalue weighted by molar-refractivity contribution is 5.81. The van der Waals surface area contributed by atoms with E-state index in [1.807, 2.05) is 0 Å². The molecule has 322 valence electrons. The molecule has 0 amide bonds. The molecule has 10 bridgehead atoms. The Labute approximate surface area is 347 Å². The third kappa shape index (κ3) is 9.12. The number of hydrogen-bond donors (Lipinski definition) is 1. The first kappa shape index (κ1) is 43.3. The minimum Gasteiger partial charge on any atom is -0.466 e. The van der Waals surface area contributed by atoms with E-state index in [9.17, 15) is 19.5 Å². The van der Waals surface area contributed by atoms with Crippen molar-refractivity contribution in [1.29, 1.82) is 0 Å². The zero-order valence-corrected chi connectivity index (χ0v) is 35.3. The number of hydrogen-bond acceptors (Lipinski definition) is 9. The van der Waals surface area contributed by atoms with Gasteiger partial charge in [-0.3, -0.25) is 0 Å². The van der Waals surface area contributed by atoms with Crippen LogP contribution in [0.2, 0.25) is 0 Å². The van der Waals surface area contributed by atoms with Gasteiger partial charge in [-0.1, -0.05) is 31.9 Å². The van der Waals surface area contributed by atoms with E-state index in [0.717, 1.165) is 60.5 Å². The van der Waals surface area contributed by atoms with Gasteiger partial charge in [-0.25, -0.2) is 14.4 Å². The first-order valence-electron chi connectivity index (χ1n) is 22.9. The largest absolute Gasteiger partial charge is 0.466 e. The van der Waals surface area contributed by atoms with Gasteiger partial charge in [0.1, 0.15) is 12.7 Å². The van der Waals surface area contributed by atoms with Gasteiger partial charge < -0.3 is 28.8 Å². The van der Waals surface area contributed by atoms with E-state index in [-0.39, 0.29) is 24.8 Å². The summed E-state index contributed by atoms with van der Waals surface area (Å²) in [7, 11) is 2.91. The second-order valence-electron chi connectivity index (χ2n) is 19.5. The van der Waals surface area contributed by atoms with Crippen molar-refractivity contribution in [3.63, 3.8) is 0 Å². The van der Waals surface area contributed by atoms with Crippen LogP contribution in [0.5, 0.6) is 0 Å². The molecule has 0 saturated heterocycles. The molecule has 0 aromatic carbocycles. The molecule has 0 heterocycles. The Morgan fingerprint density at radius 1 is 0.586 bits per heavy atom. The Hall–Kier alpha value is -2.75. The molecule has 0 aromatic rings. The topological polar surface area (TPSA) is 118 Å². The summed E-state index contributed by atoms with van der Waals surface area (Å²) in [5.41, 5.74) is 0. The van der Waals surface area contributed by atoms with Crippen LogP contribution >= 0.6 is 0 Å². The van der Waals surface area contributed by atoms with Crippen LogP contribution in [0.4, 0.5) is 0 Å². The van der Waals surface area contributed by atoms with Crippen molar-refractivity contribution in [2.45, 2.75) is 102 Å². The monoisotopic (exact) mass is 805 g/mol. The smallest absolute Gasteiger partial charge is 0.330 e. The minimum atomic E-state index is -0.426. The van der Waals surface area contributed by atoms with Gasteiger partial charge in [-0.05, 0) is 185 Å². The number of aliphatic hydroxyl groups is 1. The van der Waals surface area contributed by atoms with Gasteiger partial charge in [0.15, 0.2) is 0 Å². The molecule has 10 fully saturated rings. The van der Waals surface area contributed by atoms with E-state index >= 15 is 0 Å². The zero-order chi connectivity index (χ0) is 40.9. The van der Waals surface area contributed by atoms with Gasteiger partial charge in [0.05, 0.1) is 33.0 Å². The van der Waals surface area contributed by atoms with Crippen molar-refractivity contribution in [3.8, 4) is 0 Å². The lowest BCUT2D eigenvalue weighted by molar-refractivity contribution is -0.148. The van der Waals surface area contributed by atoms with Crippen LogP contribution in [0.3, 0.4) is 0 Å². The summed E-state index contributed by atoms with van der Waals surface area (Å²) < 4.78 is 24.1. The third-order valence-electron chi connectivity index (χ3n) is 17.2. The fraction of sp³-hybridized carbons (Fsp3) is 0.776. The molecule has 9 nitrogen and oxygen atoms in total. The van der Waals surface area contributed by atoms with Crippen molar-refractivity contribution >= 4 is 17.9 Å². The van der Waals surface area contributed by atoms with Crippen molar-refractivity contribution in [1.82, 2.24) is 0 Å². The number of ether oxygens (including phenoxy) is 5. The van der Waals surface area contributed by atoms with Crippen molar-refractivity contribution in [3.05, 3.63) is 50.1 Å². The van der Waals surface area contributed by atoms with Gasteiger partial charge in [0.2, 0.25) is 0 Å². The number of methoxy groups -OCH3 is 2. The summed E-state index contributed by atoms with van der Waals surface area (Å²) in [4.78, 5) is 31.7. The number of fused-ring (bicyclic) bond motifs is 23. The first-order valence-corrected chi connectivity index (χ1v) is 22.9. The summed E-state index contributed by atoms with van der Waals surface area (Å²) in [5.74, 6) is 14.5. The molecule has 16 atom stereocenters. The van der Waals surface area contributed by atoms with Gasteiger partial charge >= 0.3 is 17.9 Å². The maximum Gasteiger partial charge on any atom is 0.330 e. The molecule has 11 aliphatic carbocycles. The van der Waals surface area contributed by atoms with Crippen LogP contribution in [-0.4, -0.2) is 75.9 Å². The summed E-state index contributed by atoms with van der Waals surface area (Å²) in [6.07, 6.45) is 28.7. The van der Waals surface area contributed by atoms with Crippen molar-refractivity contribution in [2.75, 3.05) is 40.6 Å². The zero-order valence-electron chi connectivity index (χ0n) is 35.3. The quantitative estimate of drug-likeness (QED) is 0.0583. The highest BCUT2D eigenvalue weighted by atomic mass is 16.6. The molecule has 0 aromatic heterocycles. The third-order valence-corrected chi connectivity index (χ3v) is 17.2. The lowest BCUT2D eigenvalue weighted by Crippen LogP contribution is -2.40. The van der Waals surface area contributed by atoms with E-state index in [1.54, 1.807) is 58.5 Å². The SMILES string of the molecule is C1=CC2C3CCC(C3)C2C1.C1CC2CC1C1C3CCC(C3)C21.C=CC(=O)OC.C=CC(=O)OC1CC2CC1C1C3CC(O)C(C3)C21.C=CC(=O)OCCOCCOC. The predicted molar refractivity (Wildman–Crippen MR) is 222 cm³/mol. The fourth-order valence-electron chi connectivity index (χ4n) is 15.5. The number of carbonyl (C=O) groups excluding carboxylic acids is 3. The second kappa shape index (κ2) is 19.8. The lowest BCUT2D eigenvalue weighted by Gasteiger charge is -2.39. The molecule has 11 rings (SSSR count). The number of allylic oxidation sites excluding steroid dienone is 2. The van der Waals surface area contributed by atoms with E-state index < -0.39 is 11.9 Å². The molecule has 0 aliphatic heterocycles. The van der Waals surface area contributed by atoms with Gasteiger partial charge in [0, 0.05) is 25.3 Å². The molecule has 10 saturated carbocycles. The molecule has 1 N–H and O–H groups in total. The average molecular weight is 805 g/mol. The second-order valence-corrected chi connectivity index (χ2v) is 19.5. The molecule has 0 spiro atoms. The highest BCUT2D eigenvalue weighted by Crippen LogP contribution is 2.68. The maximum atomic E-state index is 11.4. The van der Waals surface area contributed by atoms with Gasteiger partial charge in [-0.2, -0.15) is 0 Å². The van der Waals surface area contributed by atoms with Crippen molar-refractivity contribution < 1.29 is 43.2 Å². The van der Waals surface area contributed by atoms with Crippen LogP contribution in [-0.2, 0) is 38.1 Å². The summed E-state index contributed by atoms with van der Waals surface area (Å²) >= 11 is 0. The van der Waals surface area contributed by atoms with Crippen LogP contribution in [0.15, 0.2) is 50.1 Å². The van der Waals surface area contributed by atoms with Crippen LogP contribution in [0.1, 0.15) is 89.9 Å². The molecule has 11 aliphatic rings. The Bertz CT molecular complexity index is 1450. The number of carbonyl (C=O) groups is 3. The normalized spacial score (nSPS) is 43.2. The van der Waals surface area contributed by atoms with Crippen LogP contribution in [0, 0.1) is 94.7 Å². The molecular weight excluding hydrogens is 733 g/mol. The van der Waals surface area contributed by atoms with E-state index in [2.05, 4.69) is 41.4 Å². The van der Waals surface area contributed by atoms with Gasteiger partial charge in [0.25, 0.3) is 0 Å².